The van der Waals surface area contributed by atoms with E-state index in [1.165, 1.54) is 0 Å². The van der Waals surface area contributed by atoms with Crippen molar-refractivity contribution in [3.8, 4) is 0 Å². The van der Waals surface area contributed by atoms with Crippen LogP contribution < -0.4 is 10.6 Å². The van der Waals surface area contributed by atoms with E-state index in [1.54, 1.807) is 19.2 Å². The zero-order valence-electron chi connectivity index (χ0n) is 13.9. The standard InChI is InChI=1S/C17H26N2O3/c1-12(2)6-5-9-22-11-16(20)19-15-10-14(17(21)18-4)8-7-13(15)3/h7-8,10,12H,5-6,9,11H2,1-4H3,(H,18,21)(H,19,20). The molecule has 0 atom stereocenters. The number of aryl methyl sites for hydroxylation is 1. The lowest BCUT2D eigenvalue weighted by Crippen LogP contribution is -2.21. The first-order chi connectivity index (χ1) is 10.4. The summed E-state index contributed by atoms with van der Waals surface area (Å²) < 4.78 is 5.37. The number of carbonyl (C=O) groups excluding carboxylic acids is 2. The van der Waals surface area contributed by atoms with E-state index < -0.39 is 0 Å². The van der Waals surface area contributed by atoms with Crippen LogP contribution in [-0.2, 0) is 9.53 Å². The fraction of sp³-hybridized carbons (Fsp3) is 0.529. The number of nitrogens with one attached hydrogen (secondary N) is 2. The summed E-state index contributed by atoms with van der Waals surface area (Å²) in [6, 6.07) is 5.21. The van der Waals surface area contributed by atoms with Crippen molar-refractivity contribution in [2.75, 3.05) is 25.6 Å². The molecule has 0 radical (unpaired) electrons. The summed E-state index contributed by atoms with van der Waals surface area (Å²) in [5.41, 5.74) is 2.05. The summed E-state index contributed by atoms with van der Waals surface area (Å²) in [6.45, 7) is 6.82. The third-order valence-electron chi connectivity index (χ3n) is 3.30. The zero-order valence-corrected chi connectivity index (χ0v) is 13.9. The number of hydrogen-bond donors (Lipinski definition) is 2. The van der Waals surface area contributed by atoms with Gasteiger partial charge in [0.25, 0.3) is 5.91 Å². The van der Waals surface area contributed by atoms with E-state index in [9.17, 15) is 9.59 Å². The molecule has 0 aromatic heterocycles. The quantitative estimate of drug-likeness (QED) is 0.726. The van der Waals surface area contributed by atoms with Crippen LogP contribution in [0.2, 0.25) is 0 Å². The largest absolute Gasteiger partial charge is 0.372 e. The predicted octanol–water partition coefficient (Wildman–Crippen LogP) is 2.75. The molecule has 122 valence electrons. The molecule has 0 unspecified atom stereocenters. The molecule has 1 rings (SSSR count). The van der Waals surface area contributed by atoms with Gasteiger partial charge in [0.1, 0.15) is 6.61 Å². The highest BCUT2D eigenvalue weighted by Gasteiger charge is 2.09. The fourth-order valence-corrected chi connectivity index (χ4v) is 1.99. The Balaban J connectivity index is 2.48. The van der Waals surface area contributed by atoms with Crippen molar-refractivity contribution in [1.29, 1.82) is 0 Å². The minimum atomic E-state index is -0.207. The van der Waals surface area contributed by atoms with Crippen LogP contribution in [0, 0.1) is 12.8 Å². The molecule has 1 aromatic rings. The average Bonchev–Trinajstić information content (AvgIpc) is 2.48. The molecule has 0 saturated carbocycles. The Hall–Kier alpha value is -1.88. The first kappa shape index (κ1) is 18.2. The Morgan fingerprint density at radius 1 is 1.27 bits per heavy atom. The number of ether oxygens (including phenoxy) is 1. The smallest absolute Gasteiger partial charge is 0.251 e. The maximum atomic E-state index is 11.9. The Labute approximate surface area is 132 Å². The maximum Gasteiger partial charge on any atom is 0.251 e. The van der Waals surface area contributed by atoms with Gasteiger partial charge in [-0.05, 0) is 43.4 Å². The van der Waals surface area contributed by atoms with Crippen LogP contribution in [-0.4, -0.2) is 32.1 Å². The van der Waals surface area contributed by atoms with E-state index in [-0.39, 0.29) is 18.4 Å². The first-order valence-corrected chi connectivity index (χ1v) is 7.64. The van der Waals surface area contributed by atoms with Crippen LogP contribution in [0.25, 0.3) is 0 Å². The highest BCUT2D eigenvalue weighted by atomic mass is 16.5. The minimum Gasteiger partial charge on any atom is -0.372 e. The van der Waals surface area contributed by atoms with Gasteiger partial charge in [0.2, 0.25) is 5.91 Å². The van der Waals surface area contributed by atoms with E-state index >= 15 is 0 Å². The molecule has 0 aliphatic rings. The summed E-state index contributed by atoms with van der Waals surface area (Å²) in [6.07, 6.45) is 2.05. The number of amides is 2. The van der Waals surface area contributed by atoms with Crippen LogP contribution in [0.4, 0.5) is 5.69 Å². The van der Waals surface area contributed by atoms with Crippen LogP contribution in [0.1, 0.15) is 42.6 Å². The SMILES string of the molecule is CNC(=O)c1ccc(C)c(NC(=O)COCCCC(C)C)c1. The molecule has 0 fully saturated rings. The zero-order chi connectivity index (χ0) is 16.5. The Morgan fingerprint density at radius 3 is 2.64 bits per heavy atom. The summed E-state index contributed by atoms with van der Waals surface area (Å²) in [5.74, 6) is 0.259. The van der Waals surface area contributed by atoms with Gasteiger partial charge in [-0.25, -0.2) is 0 Å². The van der Waals surface area contributed by atoms with E-state index in [0.29, 0.717) is 23.8 Å². The van der Waals surface area contributed by atoms with E-state index in [2.05, 4.69) is 24.5 Å². The molecule has 0 heterocycles. The van der Waals surface area contributed by atoms with Crippen molar-refractivity contribution in [3.05, 3.63) is 29.3 Å². The van der Waals surface area contributed by atoms with Gasteiger partial charge in [0, 0.05) is 24.9 Å². The Kier molecular flexibility index (Phi) is 7.60. The molecule has 2 N–H and O–H groups in total. The predicted molar refractivity (Wildman–Crippen MR) is 88.1 cm³/mol. The van der Waals surface area contributed by atoms with Crippen LogP contribution in [0.15, 0.2) is 18.2 Å². The fourth-order valence-electron chi connectivity index (χ4n) is 1.99. The molecule has 5 heteroatoms. The van der Waals surface area contributed by atoms with Gasteiger partial charge in [0.15, 0.2) is 0 Å². The molecule has 0 aliphatic heterocycles. The molecular formula is C17H26N2O3. The highest BCUT2D eigenvalue weighted by Crippen LogP contribution is 2.17. The van der Waals surface area contributed by atoms with Crippen molar-refractivity contribution < 1.29 is 14.3 Å². The third kappa shape index (κ3) is 6.26. The normalized spacial score (nSPS) is 10.6. The third-order valence-corrected chi connectivity index (χ3v) is 3.30. The van der Waals surface area contributed by atoms with Crippen LogP contribution in [0.5, 0.6) is 0 Å². The number of benzene rings is 1. The second-order valence-electron chi connectivity index (χ2n) is 5.75. The Bertz CT molecular complexity index is 513. The van der Waals surface area contributed by atoms with Crippen LogP contribution >= 0.6 is 0 Å². The van der Waals surface area contributed by atoms with Gasteiger partial charge in [0.05, 0.1) is 0 Å². The number of carbonyl (C=O) groups is 2. The van der Waals surface area contributed by atoms with Crippen molar-refractivity contribution in [3.63, 3.8) is 0 Å². The molecule has 0 aliphatic carbocycles. The topological polar surface area (TPSA) is 67.4 Å². The summed E-state index contributed by atoms with van der Waals surface area (Å²) in [4.78, 5) is 23.5. The minimum absolute atomic E-state index is 0.0295. The van der Waals surface area contributed by atoms with Gasteiger partial charge in [-0.3, -0.25) is 9.59 Å². The van der Waals surface area contributed by atoms with Crippen molar-refractivity contribution in [1.82, 2.24) is 5.32 Å². The lowest BCUT2D eigenvalue weighted by Gasteiger charge is -2.11. The molecule has 0 spiro atoms. The highest BCUT2D eigenvalue weighted by molar-refractivity contribution is 5.97. The van der Waals surface area contributed by atoms with Gasteiger partial charge in [-0.15, -0.1) is 0 Å². The monoisotopic (exact) mass is 306 g/mol. The Morgan fingerprint density at radius 2 is 2.00 bits per heavy atom. The average molecular weight is 306 g/mol. The van der Waals surface area contributed by atoms with Crippen molar-refractivity contribution in [2.24, 2.45) is 5.92 Å². The van der Waals surface area contributed by atoms with Crippen LogP contribution in [0.3, 0.4) is 0 Å². The maximum absolute atomic E-state index is 11.9. The molecule has 0 saturated heterocycles. The number of hydrogen-bond acceptors (Lipinski definition) is 3. The summed E-state index contributed by atoms with van der Waals surface area (Å²) in [5, 5.41) is 5.35. The first-order valence-electron chi connectivity index (χ1n) is 7.64. The van der Waals surface area contributed by atoms with E-state index in [4.69, 9.17) is 4.74 Å². The summed E-state index contributed by atoms with van der Waals surface area (Å²) in [7, 11) is 1.57. The lowest BCUT2D eigenvalue weighted by molar-refractivity contribution is -0.120. The second kappa shape index (κ2) is 9.20. The van der Waals surface area contributed by atoms with E-state index in [1.807, 2.05) is 13.0 Å². The van der Waals surface area contributed by atoms with Gasteiger partial charge in [-0.1, -0.05) is 19.9 Å². The van der Waals surface area contributed by atoms with Gasteiger partial charge in [-0.2, -0.15) is 0 Å². The summed E-state index contributed by atoms with van der Waals surface area (Å²) >= 11 is 0. The lowest BCUT2D eigenvalue weighted by atomic mass is 10.1. The molecule has 22 heavy (non-hydrogen) atoms. The number of anilines is 1. The molecule has 2 amide bonds. The molecule has 0 bridgehead atoms. The van der Waals surface area contributed by atoms with Crippen molar-refractivity contribution in [2.45, 2.75) is 33.6 Å². The van der Waals surface area contributed by atoms with E-state index in [0.717, 1.165) is 18.4 Å². The number of rotatable bonds is 8. The molecule has 5 nitrogen and oxygen atoms in total. The van der Waals surface area contributed by atoms with Gasteiger partial charge >= 0.3 is 0 Å². The van der Waals surface area contributed by atoms with Gasteiger partial charge < -0.3 is 15.4 Å². The molecular weight excluding hydrogens is 280 g/mol. The van der Waals surface area contributed by atoms with Crippen molar-refractivity contribution >= 4 is 17.5 Å². The second-order valence-corrected chi connectivity index (χ2v) is 5.75. The molecule has 1 aromatic carbocycles.